The molecular weight excluding hydrogens is 366 g/mol. The molecule has 6 heteroatoms. The molecule has 0 spiro atoms. The highest BCUT2D eigenvalue weighted by Crippen LogP contribution is 2.35. The number of benzene rings is 1. The third-order valence-electron chi connectivity index (χ3n) is 7.12. The van der Waals surface area contributed by atoms with Gasteiger partial charge in [0.05, 0.1) is 19.1 Å². The van der Waals surface area contributed by atoms with Gasteiger partial charge < -0.3 is 19.4 Å². The van der Waals surface area contributed by atoms with Gasteiger partial charge in [0.2, 0.25) is 11.8 Å². The minimum atomic E-state index is -0.186. The van der Waals surface area contributed by atoms with Gasteiger partial charge in [0.25, 0.3) is 0 Å². The van der Waals surface area contributed by atoms with Crippen molar-refractivity contribution in [2.75, 3.05) is 49.2 Å². The topological polar surface area (TPSA) is 53.1 Å². The van der Waals surface area contributed by atoms with Crippen molar-refractivity contribution < 1.29 is 14.3 Å². The van der Waals surface area contributed by atoms with E-state index in [-0.39, 0.29) is 17.7 Å². The number of hydrogen-bond acceptors (Lipinski definition) is 4. The lowest BCUT2D eigenvalue weighted by atomic mass is 9.94. The molecule has 3 fully saturated rings. The van der Waals surface area contributed by atoms with Crippen molar-refractivity contribution in [3.05, 3.63) is 23.8 Å². The molecule has 3 aliphatic heterocycles. The second-order valence-corrected chi connectivity index (χ2v) is 8.89. The summed E-state index contributed by atoms with van der Waals surface area (Å²) in [5, 5.41) is 0. The smallest absolute Gasteiger partial charge is 0.232 e. The Morgan fingerprint density at radius 2 is 1.83 bits per heavy atom. The maximum Gasteiger partial charge on any atom is 0.232 e. The van der Waals surface area contributed by atoms with Crippen molar-refractivity contribution in [1.82, 2.24) is 4.90 Å². The van der Waals surface area contributed by atoms with Gasteiger partial charge in [0, 0.05) is 50.0 Å². The van der Waals surface area contributed by atoms with E-state index in [1.54, 1.807) is 0 Å². The quantitative estimate of drug-likeness (QED) is 0.787. The molecule has 0 bridgehead atoms. The minimum absolute atomic E-state index is 0.134. The SMILES string of the molecule is O=C(C1CC(=O)N(C2CCCCC2)C1)N1CCc2cc(N3CCOCC3)ccc21. The van der Waals surface area contributed by atoms with E-state index in [2.05, 4.69) is 23.1 Å². The molecule has 1 aromatic carbocycles. The second kappa shape index (κ2) is 7.98. The molecule has 2 amide bonds. The lowest BCUT2D eigenvalue weighted by Crippen LogP contribution is -2.40. The zero-order valence-corrected chi connectivity index (χ0v) is 17.1. The summed E-state index contributed by atoms with van der Waals surface area (Å²) >= 11 is 0. The van der Waals surface area contributed by atoms with Gasteiger partial charge in [-0.15, -0.1) is 0 Å². The van der Waals surface area contributed by atoms with E-state index >= 15 is 0 Å². The molecule has 0 aromatic heterocycles. The molecule has 5 rings (SSSR count). The van der Waals surface area contributed by atoms with Gasteiger partial charge in [-0.1, -0.05) is 19.3 Å². The van der Waals surface area contributed by atoms with E-state index in [0.717, 1.165) is 57.8 Å². The highest BCUT2D eigenvalue weighted by atomic mass is 16.5. The van der Waals surface area contributed by atoms with E-state index in [4.69, 9.17) is 4.74 Å². The van der Waals surface area contributed by atoms with Crippen molar-refractivity contribution in [1.29, 1.82) is 0 Å². The Hall–Kier alpha value is -2.08. The molecule has 1 aromatic rings. The van der Waals surface area contributed by atoms with E-state index in [9.17, 15) is 9.59 Å². The van der Waals surface area contributed by atoms with Crippen LogP contribution in [-0.4, -0.2) is 62.1 Å². The molecule has 4 aliphatic rings. The number of ether oxygens (including phenoxy) is 1. The molecule has 6 nitrogen and oxygen atoms in total. The zero-order valence-electron chi connectivity index (χ0n) is 17.1. The standard InChI is InChI=1S/C23H31N3O3/c27-22-15-18(16-26(22)19-4-2-1-3-5-19)23(28)25-9-8-17-14-20(6-7-21(17)25)24-10-12-29-13-11-24/h6-7,14,18-19H,1-5,8-13,15-16H2. The molecule has 0 N–H and O–H groups in total. The highest BCUT2D eigenvalue weighted by molar-refractivity contribution is 6.00. The summed E-state index contributed by atoms with van der Waals surface area (Å²) in [4.78, 5) is 32.2. The Bertz CT molecular complexity index is 784. The fourth-order valence-electron chi connectivity index (χ4n) is 5.50. The molecule has 1 saturated carbocycles. The van der Waals surface area contributed by atoms with Crippen molar-refractivity contribution in [2.24, 2.45) is 5.92 Å². The monoisotopic (exact) mass is 397 g/mol. The number of fused-ring (bicyclic) bond motifs is 1. The fraction of sp³-hybridized carbons (Fsp3) is 0.652. The molecule has 29 heavy (non-hydrogen) atoms. The van der Waals surface area contributed by atoms with Crippen LogP contribution in [0, 0.1) is 5.92 Å². The van der Waals surface area contributed by atoms with E-state index in [1.807, 2.05) is 9.80 Å². The Labute approximate surface area is 172 Å². The van der Waals surface area contributed by atoms with Gasteiger partial charge in [0.1, 0.15) is 0 Å². The summed E-state index contributed by atoms with van der Waals surface area (Å²) in [6, 6.07) is 6.82. The van der Waals surface area contributed by atoms with Gasteiger partial charge in [0.15, 0.2) is 0 Å². The van der Waals surface area contributed by atoms with Gasteiger partial charge in [-0.3, -0.25) is 9.59 Å². The largest absolute Gasteiger partial charge is 0.378 e. The zero-order chi connectivity index (χ0) is 19.8. The average Bonchev–Trinajstić information content (AvgIpc) is 3.37. The van der Waals surface area contributed by atoms with Gasteiger partial charge in [-0.2, -0.15) is 0 Å². The number of rotatable bonds is 3. The van der Waals surface area contributed by atoms with Crippen LogP contribution in [0.2, 0.25) is 0 Å². The number of likely N-dealkylation sites (tertiary alicyclic amines) is 1. The van der Waals surface area contributed by atoms with E-state index < -0.39 is 0 Å². The Morgan fingerprint density at radius 3 is 2.62 bits per heavy atom. The number of morpholine rings is 1. The van der Waals surface area contributed by atoms with Crippen molar-refractivity contribution in [2.45, 2.75) is 51.0 Å². The summed E-state index contributed by atoms with van der Waals surface area (Å²) in [5.74, 6) is 0.126. The maximum atomic E-state index is 13.3. The van der Waals surface area contributed by atoms with Crippen LogP contribution in [-0.2, 0) is 20.7 Å². The van der Waals surface area contributed by atoms with Crippen LogP contribution in [0.1, 0.15) is 44.1 Å². The number of amides is 2. The molecule has 1 aliphatic carbocycles. The van der Waals surface area contributed by atoms with Crippen LogP contribution in [0.25, 0.3) is 0 Å². The van der Waals surface area contributed by atoms with Crippen molar-refractivity contribution >= 4 is 23.2 Å². The Kier molecular flexibility index (Phi) is 5.20. The van der Waals surface area contributed by atoms with Crippen molar-refractivity contribution in [3.63, 3.8) is 0 Å². The van der Waals surface area contributed by atoms with Crippen LogP contribution < -0.4 is 9.80 Å². The third-order valence-corrected chi connectivity index (χ3v) is 7.12. The summed E-state index contributed by atoms with van der Waals surface area (Å²) in [6.07, 6.45) is 7.17. The lowest BCUT2D eigenvalue weighted by Gasteiger charge is -2.31. The van der Waals surface area contributed by atoms with Crippen molar-refractivity contribution in [3.8, 4) is 0 Å². The number of carbonyl (C=O) groups is 2. The third kappa shape index (κ3) is 3.63. The first kappa shape index (κ1) is 18.9. The normalized spacial score (nSPS) is 25.6. The molecule has 156 valence electrons. The number of anilines is 2. The predicted octanol–water partition coefficient (Wildman–Crippen LogP) is 2.59. The maximum absolute atomic E-state index is 13.3. The number of carbonyl (C=O) groups excluding carboxylic acids is 2. The van der Waals surface area contributed by atoms with Crippen LogP contribution in [0.15, 0.2) is 18.2 Å². The number of hydrogen-bond donors (Lipinski definition) is 0. The predicted molar refractivity (Wildman–Crippen MR) is 112 cm³/mol. The summed E-state index contributed by atoms with van der Waals surface area (Å²) in [7, 11) is 0. The lowest BCUT2D eigenvalue weighted by molar-refractivity contribution is -0.130. The van der Waals surface area contributed by atoms with E-state index in [0.29, 0.717) is 19.0 Å². The van der Waals surface area contributed by atoms with E-state index in [1.165, 1.54) is 30.5 Å². The van der Waals surface area contributed by atoms with Crippen LogP contribution in [0.3, 0.4) is 0 Å². The molecule has 2 saturated heterocycles. The summed E-state index contributed by atoms with van der Waals surface area (Å²) in [5.41, 5.74) is 3.51. The van der Waals surface area contributed by atoms with Gasteiger partial charge in [-0.25, -0.2) is 0 Å². The second-order valence-electron chi connectivity index (χ2n) is 8.89. The summed E-state index contributed by atoms with van der Waals surface area (Å²) < 4.78 is 5.45. The first-order valence-corrected chi connectivity index (χ1v) is 11.3. The van der Waals surface area contributed by atoms with Crippen LogP contribution >= 0.6 is 0 Å². The molecule has 0 radical (unpaired) electrons. The molecule has 1 unspecified atom stereocenters. The molecule has 3 heterocycles. The van der Waals surface area contributed by atoms with Crippen LogP contribution in [0.5, 0.6) is 0 Å². The first-order chi connectivity index (χ1) is 14.2. The average molecular weight is 398 g/mol. The fourth-order valence-corrected chi connectivity index (χ4v) is 5.50. The van der Waals surface area contributed by atoms with Gasteiger partial charge in [-0.05, 0) is 43.0 Å². The molecule has 1 atom stereocenters. The summed E-state index contributed by atoms with van der Waals surface area (Å²) in [6.45, 7) is 4.73. The highest BCUT2D eigenvalue weighted by Gasteiger charge is 2.41. The minimum Gasteiger partial charge on any atom is -0.378 e. The van der Waals surface area contributed by atoms with Gasteiger partial charge >= 0.3 is 0 Å². The first-order valence-electron chi connectivity index (χ1n) is 11.3. The Balaban J connectivity index is 1.28. The Morgan fingerprint density at radius 1 is 1.03 bits per heavy atom. The number of nitrogens with zero attached hydrogens (tertiary/aromatic N) is 3. The molecular formula is C23H31N3O3. The van der Waals surface area contributed by atoms with Crippen LogP contribution in [0.4, 0.5) is 11.4 Å².